The topological polar surface area (TPSA) is 66.4 Å². The lowest BCUT2D eigenvalue weighted by molar-refractivity contribution is -0.115. The van der Waals surface area contributed by atoms with Crippen molar-refractivity contribution in [2.24, 2.45) is 0 Å². The summed E-state index contributed by atoms with van der Waals surface area (Å²) in [5.41, 5.74) is 0.617. The third-order valence-corrected chi connectivity index (χ3v) is 2.49. The third kappa shape index (κ3) is 3.06. The van der Waals surface area contributed by atoms with Crippen LogP contribution in [0.5, 0.6) is 0 Å². The van der Waals surface area contributed by atoms with Crippen LogP contribution >= 0.6 is 15.9 Å². The first-order valence-electron chi connectivity index (χ1n) is 4.37. The molecule has 0 fully saturated rings. The Hall–Kier alpha value is -1.36. The monoisotopic (exact) mass is 271 g/mol. The van der Waals surface area contributed by atoms with Crippen LogP contribution in [0.2, 0.25) is 0 Å². The fourth-order valence-electron chi connectivity index (χ4n) is 1.02. The molecule has 0 aromatic heterocycles. The van der Waals surface area contributed by atoms with Gasteiger partial charge in [0.1, 0.15) is 0 Å². The summed E-state index contributed by atoms with van der Waals surface area (Å²) in [6.07, 6.45) is 0.360. The van der Waals surface area contributed by atoms with Gasteiger partial charge in [0.15, 0.2) is 0 Å². The van der Waals surface area contributed by atoms with Crippen LogP contribution in [0.25, 0.3) is 0 Å². The van der Waals surface area contributed by atoms with Crippen molar-refractivity contribution < 1.29 is 14.7 Å². The van der Waals surface area contributed by atoms with E-state index in [1.165, 1.54) is 6.07 Å². The summed E-state index contributed by atoms with van der Waals surface area (Å²) in [5.74, 6) is -1.18. The van der Waals surface area contributed by atoms with Gasteiger partial charge in [-0.25, -0.2) is 4.79 Å². The summed E-state index contributed by atoms with van der Waals surface area (Å²) in [5, 5.41) is 11.4. The Balaban J connectivity index is 2.97. The van der Waals surface area contributed by atoms with Gasteiger partial charge in [-0.15, -0.1) is 0 Å². The van der Waals surface area contributed by atoms with Crippen molar-refractivity contribution in [3.8, 4) is 0 Å². The second-order valence-corrected chi connectivity index (χ2v) is 3.76. The molecule has 4 nitrogen and oxygen atoms in total. The number of nitrogens with one attached hydrogen (secondary N) is 1. The number of anilines is 1. The number of aromatic carboxylic acids is 1. The number of carbonyl (C=O) groups is 2. The van der Waals surface area contributed by atoms with Crippen molar-refractivity contribution in [2.75, 3.05) is 5.32 Å². The predicted molar refractivity (Wildman–Crippen MR) is 60.0 cm³/mol. The molecule has 80 valence electrons. The number of carbonyl (C=O) groups excluding carboxylic acids is 1. The van der Waals surface area contributed by atoms with Crippen LogP contribution in [0.4, 0.5) is 5.69 Å². The molecule has 1 rings (SSSR count). The van der Waals surface area contributed by atoms with Gasteiger partial charge in [-0.2, -0.15) is 0 Å². The molecule has 5 heteroatoms. The Morgan fingerprint density at radius 1 is 1.47 bits per heavy atom. The first-order chi connectivity index (χ1) is 7.04. The van der Waals surface area contributed by atoms with Gasteiger partial charge in [-0.3, -0.25) is 4.79 Å². The normalized spacial score (nSPS) is 9.73. The summed E-state index contributed by atoms with van der Waals surface area (Å²) in [6, 6.07) is 4.65. The molecule has 0 unspecified atom stereocenters. The SMILES string of the molecule is CCC(=O)Nc1ccc(Br)c(C(=O)O)c1. The van der Waals surface area contributed by atoms with E-state index < -0.39 is 5.97 Å². The molecular weight excluding hydrogens is 262 g/mol. The summed E-state index contributed by atoms with van der Waals surface area (Å²) in [6.45, 7) is 1.73. The van der Waals surface area contributed by atoms with Gasteiger partial charge in [-0.1, -0.05) is 6.92 Å². The largest absolute Gasteiger partial charge is 0.478 e. The van der Waals surface area contributed by atoms with Gasteiger partial charge in [0, 0.05) is 16.6 Å². The summed E-state index contributed by atoms with van der Waals surface area (Å²) in [4.78, 5) is 21.9. The number of hydrogen-bond donors (Lipinski definition) is 2. The number of carboxylic acids is 1. The number of rotatable bonds is 3. The smallest absolute Gasteiger partial charge is 0.336 e. The van der Waals surface area contributed by atoms with Crippen molar-refractivity contribution in [1.82, 2.24) is 0 Å². The van der Waals surface area contributed by atoms with Crippen LogP contribution in [-0.2, 0) is 4.79 Å². The van der Waals surface area contributed by atoms with Crippen molar-refractivity contribution >= 4 is 33.5 Å². The molecule has 0 spiro atoms. The fraction of sp³-hybridized carbons (Fsp3) is 0.200. The van der Waals surface area contributed by atoms with E-state index >= 15 is 0 Å². The zero-order valence-electron chi connectivity index (χ0n) is 8.08. The van der Waals surface area contributed by atoms with Crippen molar-refractivity contribution in [3.63, 3.8) is 0 Å². The number of benzene rings is 1. The zero-order chi connectivity index (χ0) is 11.4. The highest BCUT2D eigenvalue weighted by Crippen LogP contribution is 2.21. The minimum Gasteiger partial charge on any atom is -0.478 e. The van der Waals surface area contributed by atoms with E-state index in [1.807, 2.05) is 0 Å². The molecule has 0 saturated heterocycles. The molecule has 0 atom stereocenters. The van der Waals surface area contributed by atoms with Crippen LogP contribution in [0.15, 0.2) is 22.7 Å². The standard InChI is InChI=1S/C10H10BrNO3/c1-2-9(13)12-6-3-4-8(11)7(5-6)10(14)15/h3-5H,2H2,1H3,(H,12,13)(H,14,15). The van der Waals surface area contributed by atoms with Gasteiger partial charge in [0.05, 0.1) is 5.56 Å². The quantitative estimate of drug-likeness (QED) is 0.888. The van der Waals surface area contributed by atoms with Crippen LogP contribution < -0.4 is 5.32 Å². The lowest BCUT2D eigenvalue weighted by Crippen LogP contribution is -2.10. The Morgan fingerprint density at radius 2 is 2.13 bits per heavy atom. The van der Waals surface area contributed by atoms with Gasteiger partial charge in [0.2, 0.25) is 5.91 Å². The van der Waals surface area contributed by atoms with Gasteiger partial charge < -0.3 is 10.4 Å². The Morgan fingerprint density at radius 3 is 2.67 bits per heavy atom. The average molecular weight is 272 g/mol. The van der Waals surface area contributed by atoms with Crippen molar-refractivity contribution in [3.05, 3.63) is 28.2 Å². The lowest BCUT2D eigenvalue weighted by atomic mass is 10.2. The second-order valence-electron chi connectivity index (χ2n) is 2.90. The van der Waals surface area contributed by atoms with E-state index in [0.29, 0.717) is 16.6 Å². The second kappa shape index (κ2) is 4.93. The molecule has 0 heterocycles. The van der Waals surface area contributed by atoms with Gasteiger partial charge >= 0.3 is 5.97 Å². The Kier molecular flexibility index (Phi) is 3.85. The van der Waals surface area contributed by atoms with E-state index in [1.54, 1.807) is 19.1 Å². The maximum atomic E-state index is 11.1. The molecule has 0 saturated carbocycles. The molecule has 0 aliphatic rings. The minimum atomic E-state index is -1.03. The summed E-state index contributed by atoms with van der Waals surface area (Å²) in [7, 11) is 0. The minimum absolute atomic E-state index is 0.129. The molecule has 2 N–H and O–H groups in total. The highest BCUT2D eigenvalue weighted by atomic mass is 79.9. The number of hydrogen-bond acceptors (Lipinski definition) is 2. The Bertz CT molecular complexity index is 404. The lowest BCUT2D eigenvalue weighted by Gasteiger charge is -2.05. The van der Waals surface area contributed by atoms with E-state index in [0.717, 1.165) is 0 Å². The molecular formula is C10H10BrNO3. The molecule has 0 radical (unpaired) electrons. The van der Waals surface area contributed by atoms with Crippen LogP contribution in [0, 0.1) is 0 Å². The molecule has 0 aliphatic carbocycles. The average Bonchev–Trinajstić information content (AvgIpc) is 2.20. The molecule has 1 aromatic carbocycles. The summed E-state index contributed by atoms with van der Waals surface area (Å²) >= 11 is 3.12. The van der Waals surface area contributed by atoms with Crippen molar-refractivity contribution in [1.29, 1.82) is 0 Å². The highest BCUT2D eigenvalue weighted by molar-refractivity contribution is 9.10. The van der Waals surface area contributed by atoms with Gasteiger partial charge in [-0.05, 0) is 34.1 Å². The van der Waals surface area contributed by atoms with Crippen LogP contribution in [0.3, 0.4) is 0 Å². The number of halogens is 1. The van der Waals surface area contributed by atoms with E-state index in [9.17, 15) is 9.59 Å². The maximum Gasteiger partial charge on any atom is 0.336 e. The predicted octanol–water partition coefficient (Wildman–Crippen LogP) is 2.50. The first-order valence-corrected chi connectivity index (χ1v) is 5.16. The van der Waals surface area contributed by atoms with Crippen LogP contribution in [0.1, 0.15) is 23.7 Å². The molecule has 0 bridgehead atoms. The molecule has 1 amide bonds. The van der Waals surface area contributed by atoms with E-state index in [-0.39, 0.29) is 11.5 Å². The molecule has 1 aromatic rings. The zero-order valence-corrected chi connectivity index (χ0v) is 9.67. The van der Waals surface area contributed by atoms with Crippen LogP contribution in [-0.4, -0.2) is 17.0 Å². The fourth-order valence-corrected chi connectivity index (χ4v) is 1.43. The number of carboxylic acid groups (broad SMARTS) is 1. The molecule has 15 heavy (non-hydrogen) atoms. The van der Waals surface area contributed by atoms with Crippen molar-refractivity contribution in [2.45, 2.75) is 13.3 Å². The summed E-state index contributed by atoms with van der Waals surface area (Å²) < 4.78 is 0.490. The van der Waals surface area contributed by atoms with Gasteiger partial charge in [0.25, 0.3) is 0 Å². The molecule has 0 aliphatic heterocycles. The Labute approximate surface area is 95.4 Å². The first kappa shape index (κ1) is 11.7. The third-order valence-electron chi connectivity index (χ3n) is 1.80. The number of amides is 1. The maximum absolute atomic E-state index is 11.1. The van der Waals surface area contributed by atoms with E-state index in [4.69, 9.17) is 5.11 Å². The van der Waals surface area contributed by atoms with E-state index in [2.05, 4.69) is 21.2 Å². The highest BCUT2D eigenvalue weighted by Gasteiger charge is 2.09.